The summed E-state index contributed by atoms with van der Waals surface area (Å²) in [5.41, 5.74) is 2.65. The molecule has 3 aromatic rings. The van der Waals surface area contributed by atoms with Crippen molar-refractivity contribution in [2.24, 2.45) is 0 Å². The molecule has 148 valence electrons. The molecule has 1 heterocycles. The summed E-state index contributed by atoms with van der Waals surface area (Å²) in [6, 6.07) is 17.1. The van der Waals surface area contributed by atoms with Gasteiger partial charge in [-0.25, -0.2) is 0 Å². The summed E-state index contributed by atoms with van der Waals surface area (Å²) in [6.07, 6.45) is 5.06. The van der Waals surface area contributed by atoms with E-state index in [1.54, 1.807) is 6.20 Å². The van der Waals surface area contributed by atoms with Crippen LogP contribution in [0.2, 0.25) is 5.02 Å². The number of aryl methyl sites for hydroxylation is 1. The highest BCUT2D eigenvalue weighted by atomic mass is 35.5. The Morgan fingerprint density at radius 2 is 1.79 bits per heavy atom. The van der Waals surface area contributed by atoms with E-state index in [4.69, 9.17) is 11.6 Å². The lowest BCUT2D eigenvalue weighted by Crippen LogP contribution is -2.30. The number of benzene rings is 2. The first-order valence-corrected chi connectivity index (χ1v) is 9.98. The second-order valence-electron chi connectivity index (χ2n) is 7.53. The Balaban J connectivity index is 1.62. The number of aromatic nitrogens is 2. The lowest BCUT2D eigenvalue weighted by Gasteiger charge is -2.17. The van der Waals surface area contributed by atoms with Crippen molar-refractivity contribution in [2.75, 3.05) is 0 Å². The molecule has 0 radical (unpaired) electrons. The van der Waals surface area contributed by atoms with Crippen molar-refractivity contribution in [3.8, 4) is 11.3 Å². The van der Waals surface area contributed by atoms with Gasteiger partial charge in [0.15, 0.2) is 0 Å². The van der Waals surface area contributed by atoms with E-state index in [-0.39, 0.29) is 17.5 Å². The number of carbonyl (C=O) groups is 1. The molecule has 1 aliphatic carbocycles. The molecule has 4 rings (SSSR count). The first-order valence-electron chi connectivity index (χ1n) is 9.60. The highest BCUT2D eigenvalue weighted by Crippen LogP contribution is 2.51. The normalized spacial score (nSPS) is 14.5. The first kappa shape index (κ1) is 19.4. The zero-order chi connectivity index (χ0) is 20.4. The maximum absolute atomic E-state index is 13.0. The minimum absolute atomic E-state index is 0.0639. The Morgan fingerprint density at radius 1 is 1.10 bits per heavy atom. The van der Waals surface area contributed by atoms with Crippen molar-refractivity contribution >= 4 is 17.6 Å². The topological polar surface area (TPSA) is 72.2 Å². The van der Waals surface area contributed by atoms with Crippen LogP contribution in [0.5, 0.6) is 0 Å². The molecule has 0 bridgehead atoms. The Hall–Kier alpha value is -2.92. The fourth-order valence-electron chi connectivity index (χ4n) is 3.83. The molecular formula is C23H21ClN2O3. The molecule has 5 nitrogen and oxygen atoms in total. The molecule has 6 heteroatoms. The third-order valence-corrected chi connectivity index (χ3v) is 5.89. The van der Waals surface area contributed by atoms with Gasteiger partial charge in [-0.1, -0.05) is 54.1 Å². The van der Waals surface area contributed by atoms with Crippen LogP contribution in [0.15, 0.2) is 65.6 Å². The summed E-state index contributed by atoms with van der Waals surface area (Å²) in [5.74, 6) is -1.05. The monoisotopic (exact) mass is 408 g/mol. The molecule has 1 aromatic heterocycles. The van der Waals surface area contributed by atoms with E-state index in [2.05, 4.69) is 4.98 Å². The predicted molar refractivity (Wildman–Crippen MR) is 112 cm³/mol. The molecule has 1 saturated carbocycles. The molecule has 1 fully saturated rings. The lowest BCUT2D eigenvalue weighted by atomic mass is 9.90. The van der Waals surface area contributed by atoms with E-state index in [1.165, 1.54) is 10.1 Å². The van der Waals surface area contributed by atoms with Gasteiger partial charge in [0.25, 0.3) is 5.56 Å². The van der Waals surface area contributed by atoms with Gasteiger partial charge in [0.05, 0.1) is 11.9 Å². The molecule has 1 aliphatic rings. The van der Waals surface area contributed by atoms with Crippen LogP contribution >= 0.6 is 11.6 Å². The van der Waals surface area contributed by atoms with E-state index < -0.39 is 5.97 Å². The summed E-state index contributed by atoms with van der Waals surface area (Å²) >= 11 is 6.00. The van der Waals surface area contributed by atoms with Gasteiger partial charge in [0.1, 0.15) is 12.2 Å². The second-order valence-corrected chi connectivity index (χ2v) is 7.96. The molecule has 0 unspecified atom stereocenters. The highest BCUT2D eigenvalue weighted by molar-refractivity contribution is 6.30. The van der Waals surface area contributed by atoms with Gasteiger partial charge in [0, 0.05) is 5.02 Å². The number of carboxylic acid groups (broad SMARTS) is 1. The van der Waals surface area contributed by atoms with Gasteiger partial charge < -0.3 is 5.11 Å². The van der Waals surface area contributed by atoms with Crippen LogP contribution in [0.4, 0.5) is 0 Å². The Labute approximate surface area is 173 Å². The highest BCUT2D eigenvalue weighted by Gasteiger charge is 2.43. The maximum Gasteiger partial charge on any atom is 0.323 e. The predicted octanol–water partition coefficient (Wildman–Crippen LogP) is 4.31. The lowest BCUT2D eigenvalue weighted by molar-refractivity contribution is -0.137. The van der Waals surface area contributed by atoms with E-state index in [0.717, 1.165) is 24.8 Å². The smallest absolute Gasteiger partial charge is 0.323 e. The van der Waals surface area contributed by atoms with E-state index in [0.29, 0.717) is 22.8 Å². The minimum Gasteiger partial charge on any atom is -0.480 e. The quantitative estimate of drug-likeness (QED) is 0.632. The van der Waals surface area contributed by atoms with Crippen molar-refractivity contribution in [3.05, 3.63) is 87.4 Å². The summed E-state index contributed by atoms with van der Waals surface area (Å²) in [7, 11) is 0. The van der Waals surface area contributed by atoms with Crippen molar-refractivity contribution in [3.63, 3.8) is 0 Å². The van der Waals surface area contributed by atoms with Gasteiger partial charge >= 0.3 is 5.97 Å². The molecule has 0 spiro atoms. The Bertz CT molecular complexity index is 1090. The average Bonchev–Trinajstić information content (AvgIpc) is 3.50. The number of hydrogen-bond donors (Lipinski definition) is 1. The summed E-state index contributed by atoms with van der Waals surface area (Å²) in [4.78, 5) is 28.8. The largest absolute Gasteiger partial charge is 0.480 e. The third kappa shape index (κ3) is 4.10. The van der Waals surface area contributed by atoms with Crippen molar-refractivity contribution in [1.82, 2.24) is 9.55 Å². The summed E-state index contributed by atoms with van der Waals surface area (Å²) in [5, 5.41) is 10.0. The van der Waals surface area contributed by atoms with Gasteiger partial charge in [-0.15, -0.1) is 0 Å². The first-order chi connectivity index (χ1) is 14.0. The fourth-order valence-corrected chi connectivity index (χ4v) is 3.95. The third-order valence-electron chi connectivity index (χ3n) is 5.64. The Morgan fingerprint density at radius 3 is 2.41 bits per heavy atom. The molecule has 0 saturated heterocycles. The van der Waals surface area contributed by atoms with Crippen LogP contribution < -0.4 is 5.56 Å². The van der Waals surface area contributed by atoms with E-state index in [9.17, 15) is 14.7 Å². The average molecular weight is 409 g/mol. The van der Waals surface area contributed by atoms with Crippen LogP contribution in [0.1, 0.15) is 30.5 Å². The van der Waals surface area contributed by atoms with E-state index in [1.807, 2.05) is 54.6 Å². The van der Waals surface area contributed by atoms with Crippen molar-refractivity contribution in [2.45, 2.75) is 37.6 Å². The number of nitrogens with zero attached hydrogens (tertiary/aromatic N) is 2. The number of rotatable bonds is 7. The van der Waals surface area contributed by atoms with Crippen molar-refractivity contribution in [1.29, 1.82) is 0 Å². The molecule has 1 N–H and O–H groups in total. The van der Waals surface area contributed by atoms with E-state index >= 15 is 0 Å². The maximum atomic E-state index is 13.0. The zero-order valence-electron chi connectivity index (χ0n) is 15.8. The zero-order valence-corrected chi connectivity index (χ0v) is 16.6. The second kappa shape index (κ2) is 7.84. The Kier molecular flexibility index (Phi) is 5.24. The van der Waals surface area contributed by atoms with Gasteiger partial charge in [0.2, 0.25) is 0 Å². The van der Waals surface area contributed by atoms with Gasteiger partial charge in [-0.05, 0) is 54.4 Å². The molecule has 0 aliphatic heterocycles. The van der Waals surface area contributed by atoms with Gasteiger partial charge in [-0.2, -0.15) is 0 Å². The van der Waals surface area contributed by atoms with Crippen LogP contribution in [0, 0.1) is 0 Å². The SMILES string of the molecule is O=C(O)Cn1c(-c2ccccc2)cnc(CCC2(c3ccc(Cl)cc3)CC2)c1=O. The number of aliphatic carboxylic acids is 1. The van der Waals surface area contributed by atoms with Crippen LogP contribution in [-0.2, 0) is 23.2 Å². The number of carboxylic acids is 1. The number of hydrogen-bond acceptors (Lipinski definition) is 3. The molecule has 0 atom stereocenters. The molecule has 2 aromatic carbocycles. The summed E-state index contributed by atoms with van der Waals surface area (Å²) in [6.45, 7) is -0.388. The van der Waals surface area contributed by atoms with Crippen molar-refractivity contribution < 1.29 is 9.90 Å². The molecule has 29 heavy (non-hydrogen) atoms. The van der Waals surface area contributed by atoms with Crippen LogP contribution in [-0.4, -0.2) is 20.6 Å². The summed E-state index contributed by atoms with van der Waals surface area (Å²) < 4.78 is 1.31. The molecule has 0 amide bonds. The van der Waals surface area contributed by atoms with Crippen LogP contribution in [0.3, 0.4) is 0 Å². The van der Waals surface area contributed by atoms with Gasteiger partial charge in [-0.3, -0.25) is 19.1 Å². The molecular weight excluding hydrogens is 388 g/mol. The minimum atomic E-state index is -1.05. The van der Waals surface area contributed by atoms with Crippen LogP contribution in [0.25, 0.3) is 11.3 Å². The number of halogens is 1. The fraction of sp³-hybridized carbons (Fsp3) is 0.261. The standard InChI is InChI=1S/C23H21ClN2O3/c24-18-8-6-17(7-9-18)23(12-13-23)11-10-19-22(29)26(15-21(27)28)20(14-25-19)16-4-2-1-3-5-16/h1-9,14H,10-13,15H2,(H,27,28).